The van der Waals surface area contributed by atoms with Gasteiger partial charge in [0.05, 0.1) is 15.2 Å². The van der Waals surface area contributed by atoms with E-state index in [0.29, 0.717) is 32.2 Å². The van der Waals surface area contributed by atoms with E-state index < -0.39 is 5.91 Å². The molecule has 2 amide bonds. The first-order valence-corrected chi connectivity index (χ1v) is 11.0. The molecule has 0 atom stereocenters. The van der Waals surface area contributed by atoms with E-state index in [9.17, 15) is 14.9 Å². The Balaban J connectivity index is 1.65. The number of carbonyl (C=O) groups excluding carboxylic acids is 2. The fraction of sp³-hybridized carbons (Fsp3) is 0.0800. The number of hydrogen-bond donors (Lipinski definition) is 2. The Hall–Kier alpha value is -3.60. The van der Waals surface area contributed by atoms with E-state index in [1.807, 2.05) is 31.2 Å². The number of nitrogens with one attached hydrogen (secondary N) is 2. The average molecular weight is 525 g/mol. The topological polar surface area (TPSA) is 91.2 Å². The normalized spacial score (nSPS) is 10.8. The van der Waals surface area contributed by atoms with Gasteiger partial charge in [0.2, 0.25) is 0 Å². The van der Waals surface area contributed by atoms with Crippen molar-refractivity contribution in [1.82, 2.24) is 0 Å². The summed E-state index contributed by atoms with van der Waals surface area (Å²) in [5, 5.41) is 15.3. The van der Waals surface area contributed by atoms with Crippen molar-refractivity contribution in [3.05, 3.63) is 92.9 Å². The second kappa shape index (κ2) is 11.3. The van der Waals surface area contributed by atoms with Gasteiger partial charge in [-0.15, -0.1) is 0 Å². The van der Waals surface area contributed by atoms with Crippen molar-refractivity contribution in [3.63, 3.8) is 0 Å². The van der Waals surface area contributed by atoms with Gasteiger partial charge in [-0.3, -0.25) is 9.59 Å². The Morgan fingerprint density at radius 3 is 2.42 bits per heavy atom. The van der Waals surface area contributed by atoms with Crippen molar-refractivity contribution in [2.45, 2.75) is 6.92 Å². The van der Waals surface area contributed by atoms with Crippen LogP contribution in [-0.4, -0.2) is 18.4 Å². The number of nitrogens with zero attached hydrogens (tertiary/aromatic N) is 1. The van der Waals surface area contributed by atoms with Crippen LogP contribution in [0.25, 0.3) is 6.08 Å². The van der Waals surface area contributed by atoms with Crippen molar-refractivity contribution in [2.75, 3.05) is 17.2 Å². The van der Waals surface area contributed by atoms with Gasteiger partial charge in [-0.05, 0) is 70.4 Å². The Kier molecular flexibility index (Phi) is 8.25. The molecule has 0 aromatic heterocycles. The van der Waals surface area contributed by atoms with E-state index in [-0.39, 0.29) is 18.1 Å². The summed E-state index contributed by atoms with van der Waals surface area (Å²) < 4.78 is 6.14. The fourth-order valence-electron chi connectivity index (χ4n) is 2.83. The maximum Gasteiger partial charge on any atom is 0.266 e. The maximum absolute atomic E-state index is 12.5. The summed E-state index contributed by atoms with van der Waals surface area (Å²) in [5.41, 5.74) is 2.61. The number of aryl methyl sites for hydroxylation is 1. The fourth-order valence-corrected chi connectivity index (χ4v) is 3.53. The maximum atomic E-state index is 12.5. The second-order valence-corrected chi connectivity index (χ2v) is 8.21. The van der Waals surface area contributed by atoms with Gasteiger partial charge in [0.15, 0.2) is 6.61 Å². The monoisotopic (exact) mass is 523 g/mol. The minimum Gasteiger partial charge on any atom is -0.483 e. The van der Waals surface area contributed by atoms with Crippen molar-refractivity contribution in [2.24, 2.45) is 0 Å². The Labute approximate surface area is 205 Å². The molecule has 166 valence electrons. The quantitative estimate of drug-likeness (QED) is 0.294. The molecule has 0 aliphatic carbocycles. The van der Waals surface area contributed by atoms with Crippen LogP contribution in [-0.2, 0) is 9.59 Å². The van der Waals surface area contributed by atoms with E-state index in [1.54, 1.807) is 48.5 Å². The van der Waals surface area contributed by atoms with Crippen LogP contribution < -0.4 is 15.4 Å². The molecular formula is C25H19BrClN3O3. The molecule has 0 unspecified atom stereocenters. The lowest BCUT2D eigenvalue weighted by molar-refractivity contribution is -0.118. The van der Waals surface area contributed by atoms with E-state index in [1.165, 1.54) is 6.08 Å². The van der Waals surface area contributed by atoms with Gasteiger partial charge >= 0.3 is 0 Å². The summed E-state index contributed by atoms with van der Waals surface area (Å²) in [6.45, 7) is 1.65. The molecule has 8 heteroatoms. The lowest BCUT2D eigenvalue weighted by Crippen LogP contribution is -2.20. The highest BCUT2D eigenvalue weighted by molar-refractivity contribution is 9.10. The lowest BCUT2D eigenvalue weighted by Gasteiger charge is -2.10. The predicted molar refractivity (Wildman–Crippen MR) is 133 cm³/mol. The number of carbonyl (C=O) groups is 2. The molecule has 33 heavy (non-hydrogen) atoms. The van der Waals surface area contributed by atoms with E-state index in [0.717, 1.165) is 5.56 Å². The molecule has 3 aromatic carbocycles. The third kappa shape index (κ3) is 6.69. The predicted octanol–water partition coefficient (Wildman–Crippen LogP) is 5.97. The zero-order chi connectivity index (χ0) is 23.8. The Morgan fingerprint density at radius 1 is 1.06 bits per heavy atom. The van der Waals surface area contributed by atoms with Gasteiger partial charge in [0, 0.05) is 5.69 Å². The number of ether oxygens (including phenoxy) is 1. The van der Waals surface area contributed by atoms with Crippen molar-refractivity contribution in [3.8, 4) is 11.8 Å². The van der Waals surface area contributed by atoms with Gasteiger partial charge in [0.25, 0.3) is 11.8 Å². The highest BCUT2D eigenvalue weighted by Crippen LogP contribution is 2.27. The number of rotatable bonds is 7. The smallest absolute Gasteiger partial charge is 0.266 e. The van der Waals surface area contributed by atoms with Crippen LogP contribution in [0.3, 0.4) is 0 Å². The van der Waals surface area contributed by atoms with Crippen LogP contribution in [0.2, 0.25) is 5.02 Å². The summed E-state index contributed by atoms with van der Waals surface area (Å²) >= 11 is 9.43. The summed E-state index contributed by atoms with van der Waals surface area (Å²) in [6, 6.07) is 21.2. The molecule has 0 saturated heterocycles. The number of hydrogen-bond acceptors (Lipinski definition) is 4. The Bertz CT molecular complexity index is 1270. The third-order valence-electron chi connectivity index (χ3n) is 4.53. The molecule has 3 rings (SSSR count). The van der Waals surface area contributed by atoms with Crippen LogP contribution >= 0.6 is 27.5 Å². The van der Waals surface area contributed by atoms with Gasteiger partial charge < -0.3 is 15.4 Å². The van der Waals surface area contributed by atoms with Crippen LogP contribution in [0.1, 0.15) is 11.1 Å². The van der Waals surface area contributed by atoms with Gasteiger partial charge in [-0.2, -0.15) is 5.26 Å². The highest BCUT2D eigenvalue weighted by Gasteiger charge is 2.12. The molecule has 0 fully saturated rings. The molecule has 0 bridgehead atoms. The van der Waals surface area contributed by atoms with Gasteiger partial charge in [-0.25, -0.2) is 0 Å². The zero-order valence-corrected chi connectivity index (χ0v) is 19.9. The first-order valence-electron chi connectivity index (χ1n) is 9.83. The van der Waals surface area contributed by atoms with Gasteiger partial charge in [-0.1, -0.05) is 48.0 Å². The van der Waals surface area contributed by atoms with Crippen LogP contribution in [0.15, 0.2) is 76.8 Å². The molecule has 3 aromatic rings. The van der Waals surface area contributed by atoms with E-state index in [4.69, 9.17) is 16.3 Å². The molecule has 0 aliphatic rings. The van der Waals surface area contributed by atoms with Crippen LogP contribution in [0.5, 0.6) is 5.75 Å². The van der Waals surface area contributed by atoms with Gasteiger partial charge in [0.1, 0.15) is 17.4 Å². The second-order valence-electron chi connectivity index (χ2n) is 6.95. The number of halogens is 2. The molecule has 0 aliphatic heterocycles. The summed E-state index contributed by atoms with van der Waals surface area (Å²) in [5.74, 6) is -0.428. The summed E-state index contributed by atoms with van der Waals surface area (Å²) in [6.07, 6.45) is 1.48. The Morgan fingerprint density at radius 2 is 1.76 bits per heavy atom. The lowest BCUT2D eigenvalue weighted by atomic mass is 10.1. The third-order valence-corrected chi connectivity index (χ3v) is 5.48. The summed E-state index contributed by atoms with van der Waals surface area (Å²) in [7, 11) is 0. The van der Waals surface area contributed by atoms with Crippen LogP contribution in [0.4, 0.5) is 11.4 Å². The molecular weight excluding hydrogens is 506 g/mol. The minimum absolute atomic E-state index is 0.0436. The van der Waals surface area contributed by atoms with E-state index >= 15 is 0 Å². The number of amides is 2. The SMILES string of the molecule is Cc1ccccc1NC(=O)/C(C#N)=C\c1ccc(OCC(=O)Nc2ccccc2Cl)c(Br)c1. The largest absolute Gasteiger partial charge is 0.483 e. The molecule has 0 spiro atoms. The number of anilines is 2. The molecule has 6 nitrogen and oxygen atoms in total. The average Bonchev–Trinajstić information content (AvgIpc) is 2.80. The standard InChI is InChI=1S/C25H19BrClN3O3/c1-16-6-2-4-8-21(16)30-25(32)18(14-28)12-17-10-11-23(19(26)13-17)33-15-24(31)29-22-9-5-3-7-20(22)27/h2-13H,15H2,1H3,(H,29,31)(H,30,32)/b18-12-. The number of nitriles is 1. The first kappa shape index (κ1) is 24.1. The first-order chi connectivity index (χ1) is 15.9. The highest BCUT2D eigenvalue weighted by atomic mass is 79.9. The number of para-hydroxylation sites is 2. The molecule has 0 saturated carbocycles. The molecule has 0 heterocycles. The summed E-state index contributed by atoms with van der Waals surface area (Å²) in [4.78, 5) is 24.7. The molecule has 2 N–H and O–H groups in total. The van der Waals surface area contributed by atoms with Crippen molar-refractivity contribution >= 4 is 56.8 Å². The van der Waals surface area contributed by atoms with E-state index in [2.05, 4.69) is 26.6 Å². The van der Waals surface area contributed by atoms with Crippen molar-refractivity contribution in [1.29, 1.82) is 5.26 Å². The zero-order valence-electron chi connectivity index (χ0n) is 17.6. The number of benzene rings is 3. The van der Waals surface area contributed by atoms with Crippen LogP contribution in [0, 0.1) is 18.3 Å². The van der Waals surface area contributed by atoms with Crippen molar-refractivity contribution < 1.29 is 14.3 Å². The minimum atomic E-state index is -0.500. The molecule has 0 radical (unpaired) electrons.